The fourth-order valence-electron chi connectivity index (χ4n) is 3.53. The van der Waals surface area contributed by atoms with Gasteiger partial charge in [-0.2, -0.15) is 5.10 Å². The quantitative estimate of drug-likeness (QED) is 0.354. The number of fused-ring (bicyclic) bond motifs is 2. The van der Waals surface area contributed by atoms with Gasteiger partial charge in [0.2, 0.25) is 5.91 Å². The summed E-state index contributed by atoms with van der Waals surface area (Å²) in [6.07, 6.45) is 0.879. The Kier molecular flexibility index (Phi) is 4.65. The lowest BCUT2D eigenvalue weighted by Crippen LogP contribution is -2.62. The topological polar surface area (TPSA) is 155 Å². The van der Waals surface area contributed by atoms with E-state index in [1.165, 1.54) is 11.0 Å². The van der Waals surface area contributed by atoms with Crippen LogP contribution in [0.25, 0.3) is 16.7 Å². The van der Waals surface area contributed by atoms with Gasteiger partial charge in [0.1, 0.15) is 17.4 Å². The monoisotopic (exact) mass is 453 g/mol. The third kappa shape index (κ3) is 3.58. The number of nitrogens with zero attached hydrogens (tertiary/aromatic N) is 4. The van der Waals surface area contributed by atoms with Crippen LogP contribution in [-0.4, -0.2) is 61.8 Å². The van der Waals surface area contributed by atoms with Crippen molar-refractivity contribution >= 4 is 34.5 Å². The Labute approximate surface area is 183 Å². The SMILES string of the molecule is CN1C[C@H](NC(=O)c2cc(C(=O)NCc3ccc4oc(=O)[nH]c4c3)nc3c(F)cnn23)C1=O. The summed E-state index contributed by atoms with van der Waals surface area (Å²) in [5.41, 5.74) is 0.862. The lowest BCUT2D eigenvalue weighted by Gasteiger charge is -2.35. The number of benzene rings is 1. The third-order valence-corrected chi connectivity index (χ3v) is 5.27. The number of hydrogen-bond donors (Lipinski definition) is 3. The average molecular weight is 453 g/mol. The number of β-lactam (4-membered cyclic amide) rings is 1. The molecule has 0 unspecified atom stereocenters. The molecule has 1 aliphatic rings. The maximum Gasteiger partial charge on any atom is 0.417 e. The standard InChI is InChI=1S/C20H16FN7O5/c1-27-8-13(19(27)31)25-18(30)14-5-12(24-16-10(21)7-23-28(14)16)17(29)22-6-9-2-3-15-11(4-9)26-20(32)33-15/h2-5,7,13H,6,8H2,1H3,(H,22,29)(H,25,30)(H,26,32)/t13-/m0/s1. The number of halogens is 1. The van der Waals surface area contributed by atoms with Crippen LogP contribution < -0.4 is 16.4 Å². The minimum atomic E-state index is -0.812. The molecule has 5 rings (SSSR count). The molecule has 13 heteroatoms. The molecule has 0 saturated carbocycles. The van der Waals surface area contributed by atoms with Crippen molar-refractivity contribution in [3.8, 4) is 0 Å². The number of amides is 3. The third-order valence-electron chi connectivity index (χ3n) is 5.27. The Balaban J connectivity index is 1.39. The van der Waals surface area contributed by atoms with Crippen molar-refractivity contribution in [3.05, 3.63) is 63.8 Å². The molecule has 0 radical (unpaired) electrons. The van der Waals surface area contributed by atoms with Crippen molar-refractivity contribution in [1.29, 1.82) is 0 Å². The Morgan fingerprint density at radius 1 is 1.27 bits per heavy atom. The van der Waals surface area contributed by atoms with Crippen molar-refractivity contribution < 1.29 is 23.2 Å². The molecular formula is C20H16FN7O5. The smallest absolute Gasteiger partial charge is 0.408 e. The van der Waals surface area contributed by atoms with Crippen LogP contribution in [0, 0.1) is 5.82 Å². The zero-order valence-electron chi connectivity index (χ0n) is 17.1. The number of carbonyl (C=O) groups is 3. The summed E-state index contributed by atoms with van der Waals surface area (Å²) in [5, 5.41) is 8.99. The van der Waals surface area contributed by atoms with Crippen LogP contribution in [0.2, 0.25) is 0 Å². The zero-order chi connectivity index (χ0) is 23.3. The first-order chi connectivity index (χ1) is 15.8. The summed E-state index contributed by atoms with van der Waals surface area (Å²) in [5.74, 6) is -3.01. The average Bonchev–Trinajstić information content (AvgIpc) is 3.37. The first-order valence-electron chi connectivity index (χ1n) is 9.80. The molecule has 0 spiro atoms. The summed E-state index contributed by atoms with van der Waals surface area (Å²) < 4.78 is 20.1. The number of aromatic nitrogens is 4. The van der Waals surface area contributed by atoms with Gasteiger partial charge >= 0.3 is 5.76 Å². The number of likely N-dealkylation sites (N-methyl/N-ethyl adjacent to an activating group) is 1. The molecule has 3 N–H and O–H groups in total. The Morgan fingerprint density at radius 2 is 2.09 bits per heavy atom. The van der Waals surface area contributed by atoms with Gasteiger partial charge in [0.15, 0.2) is 17.0 Å². The molecule has 0 aliphatic carbocycles. The summed E-state index contributed by atoms with van der Waals surface area (Å²) >= 11 is 0. The highest BCUT2D eigenvalue weighted by molar-refractivity contribution is 6.01. The fraction of sp³-hybridized carbons (Fsp3) is 0.200. The Bertz CT molecular complexity index is 1500. The van der Waals surface area contributed by atoms with E-state index < -0.39 is 29.4 Å². The number of carbonyl (C=O) groups excluding carboxylic acids is 3. The summed E-state index contributed by atoms with van der Waals surface area (Å²) in [6.45, 7) is 0.410. The van der Waals surface area contributed by atoms with Crippen LogP contribution in [0.5, 0.6) is 0 Å². The predicted molar refractivity (Wildman–Crippen MR) is 110 cm³/mol. The lowest BCUT2D eigenvalue weighted by atomic mass is 10.1. The normalized spacial score (nSPS) is 15.6. The molecule has 33 heavy (non-hydrogen) atoms. The first kappa shape index (κ1) is 20.4. The summed E-state index contributed by atoms with van der Waals surface area (Å²) in [4.78, 5) is 56.5. The second-order valence-corrected chi connectivity index (χ2v) is 7.53. The molecule has 168 valence electrons. The first-order valence-corrected chi connectivity index (χ1v) is 9.80. The van der Waals surface area contributed by atoms with Crippen LogP contribution in [0.1, 0.15) is 26.5 Å². The molecule has 1 saturated heterocycles. The molecule has 1 aromatic carbocycles. The van der Waals surface area contributed by atoms with Crippen molar-refractivity contribution in [2.75, 3.05) is 13.6 Å². The number of nitrogens with one attached hydrogen (secondary N) is 3. The lowest BCUT2D eigenvalue weighted by molar-refractivity contribution is -0.141. The molecule has 4 aromatic rings. The van der Waals surface area contributed by atoms with E-state index >= 15 is 0 Å². The van der Waals surface area contributed by atoms with E-state index in [4.69, 9.17) is 4.42 Å². The molecule has 1 fully saturated rings. The Hall–Kier alpha value is -4.55. The van der Waals surface area contributed by atoms with E-state index in [0.717, 1.165) is 10.7 Å². The zero-order valence-corrected chi connectivity index (χ0v) is 17.1. The Morgan fingerprint density at radius 3 is 2.85 bits per heavy atom. The van der Waals surface area contributed by atoms with Crippen molar-refractivity contribution in [3.63, 3.8) is 0 Å². The number of H-pyrrole nitrogens is 1. The van der Waals surface area contributed by atoms with Crippen molar-refractivity contribution in [1.82, 2.24) is 35.1 Å². The second kappa shape index (κ2) is 7.55. The van der Waals surface area contributed by atoms with Gasteiger partial charge in [-0.3, -0.25) is 19.4 Å². The number of aromatic amines is 1. The number of oxazole rings is 1. The van der Waals surface area contributed by atoms with Gasteiger partial charge in [0, 0.05) is 26.2 Å². The number of likely N-dealkylation sites (tertiary alicyclic amines) is 1. The van der Waals surface area contributed by atoms with E-state index in [0.29, 0.717) is 23.2 Å². The van der Waals surface area contributed by atoms with Crippen LogP contribution in [0.15, 0.2) is 39.7 Å². The molecular weight excluding hydrogens is 437 g/mol. The molecule has 1 atom stereocenters. The largest absolute Gasteiger partial charge is 0.417 e. The van der Waals surface area contributed by atoms with Gasteiger partial charge in [0.25, 0.3) is 11.8 Å². The van der Waals surface area contributed by atoms with Crippen LogP contribution in [-0.2, 0) is 11.3 Å². The summed E-state index contributed by atoms with van der Waals surface area (Å²) in [6, 6.07) is 5.36. The highest BCUT2D eigenvalue weighted by Crippen LogP contribution is 2.15. The highest BCUT2D eigenvalue weighted by Gasteiger charge is 2.35. The molecule has 1 aliphatic heterocycles. The van der Waals surface area contributed by atoms with Gasteiger partial charge in [-0.15, -0.1) is 0 Å². The van der Waals surface area contributed by atoms with Crippen LogP contribution >= 0.6 is 0 Å². The molecule has 3 aromatic heterocycles. The fourth-order valence-corrected chi connectivity index (χ4v) is 3.53. The molecule has 0 bridgehead atoms. The molecule has 12 nitrogen and oxygen atoms in total. The minimum Gasteiger partial charge on any atom is -0.408 e. The van der Waals surface area contributed by atoms with Crippen LogP contribution in [0.4, 0.5) is 4.39 Å². The predicted octanol–water partition coefficient (Wildman–Crippen LogP) is -0.197. The second-order valence-electron chi connectivity index (χ2n) is 7.53. The number of hydrogen-bond acceptors (Lipinski definition) is 7. The van der Waals surface area contributed by atoms with Gasteiger partial charge in [-0.1, -0.05) is 6.07 Å². The van der Waals surface area contributed by atoms with Gasteiger partial charge < -0.3 is 20.0 Å². The van der Waals surface area contributed by atoms with Gasteiger partial charge in [0.05, 0.1) is 11.7 Å². The van der Waals surface area contributed by atoms with Crippen LogP contribution in [0.3, 0.4) is 0 Å². The maximum atomic E-state index is 14.2. The maximum absolute atomic E-state index is 14.2. The molecule has 3 amide bonds. The van der Waals surface area contributed by atoms with E-state index in [2.05, 4.69) is 25.7 Å². The van der Waals surface area contributed by atoms with E-state index in [-0.39, 0.29) is 29.5 Å². The molecule has 4 heterocycles. The van der Waals surface area contributed by atoms with Crippen molar-refractivity contribution in [2.45, 2.75) is 12.6 Å². The van der Waals surface area contributed by atoms with E-state index in [1.807, 2.05) is 0 Å². The highest BCUT2D eigenvalue weighted by atomic mass is 19.1. The van der Waals surface area contributed by atoms with Crippen molar-refractivity contribution in [2.24, 2.45) is 0 Å². The summed E-state index contributed by atoms with van der Waals surface area (Å²) in [7, 11) is 1.60. The van der Waals surface area contributed by atoms with Gasteiger partial charge in [-0.25, -0.2) is 18.7 Å². The van der Waals surface area contributed by atoms with E-state index in [1.54, 1.807) is 25.2 Å². The number of rotatable bonds is 5. The van der Waals surface area contributed by atoms with Gasteiger partial charge in [-0.05, 0) is 17.7 Å². The van der Waals surface area contributed by atoms with E-state index in [9.17, 15) is 23.6 Å². The minimum absolute atomic E-state index is 0.0705.